The molecule has 0 aliphatic carbocycles. The van der Waals surface area contributed by atoms with Crippen molar-refractivity contribution in [2.75, 3.05) is 9.80 Å². The van der Waals surface area contributed by atoms with Crippen LogP contribution < -0.4 is 9.80 Å². The topological polar surface area (TPSA) is 44.5 Å². The van der Waals surface area contributed by atoms with Crippen LogP contribution in [-0.2, 0) is 0 Å². The highest BCUT2D eigenvalue weighted by molar-refractivity contribution is 6.13. The van der Waals surface area contributed by atoms with Crippen molar-refractivity contribution in [2.24, 2.45) is 0 Å². The maximum Gasteiger partial charge on any atom is 0.187 e. The number of hydrogen-bond donors (Lipinski definition) is 0. The molecular weight excluding hydrogens is 901 g/mol. The summed E-state index contributed by atoms with van der Waals surface area (Å²) in [5, 5.41) is 14.5. The molecule has 346 valence electrons. The Hall–Kier alpha value is -10.4. The molecule has 0 aliphatic heterocycles. The molecule has 2 heterocycles. The lowest BCUT2D eigenvalue weighted by Crippen LogP contribution is -2.09. The van der Waals surface area contributed by atoms with E-state index in [1.807, 2.05) is 24.3 Å². The van der Waals surface area contributed by atoms with Gasteiger partial charge in [0.05, 0.1) is 51.6 Å². The summed E-state index contributed by atoms with van der Waals surface area (Å²) in [6.45, 7) is 7.85. The minimum atomic E-state index is 0.577. The van der Waals surface area contributed by atoms with Gasteiger partial charge in [-0.1, -0.05) is 146 Å². The van der Waals surface area contributed by atoms with Crippen LogP contribution in [0.5, 0.6) is 0 Å². The van der Waals surface area contributed by atoms with E-state index in [2.05, 4.69) is 273 Å². The Morgan fingerprint density at radius 2 is 0.703 bits per heavy atom. The first-order valence-corrected chi connectivity index (χ1v) is 24.7. The number of para-hydroxylation sites is 6. The van der Waals surface area contributed by atoms with Crippen LogP contribution in [0.15, 0.2) is 267 Å². The van der Waals surface area contributed by atoms with Crippen LogP contribution in [0.25, 0.3) is 82.1 Å². The second-order valence-electron chi connectivity index (χ2n) is 18.4. The third kappa shape index (κ3) is 7.51. The molecule has 11 aromatic carbocycles. The fourth-order valence-electron chi connectivity index (χ4n) is 10.8. The first-order valence-electron chi connectivity index (χ1n) is 24.7. The van der Waals surface area contributed by atoms with Crippen molar-refractivity contribution in [1.29, 1.82) is 5.26 Å². The van der Waals surface area contributed by atoms with Gasteiger partial charge in [-0.2, -0.15) is 5.26 Å². The highest BCUT2D eigenvalue weighted by Crippen LogP contribution is 2.46. The maximum atomic E-state index is 9.98. The fourth-order valence-corrected chi connectivity index (χ4v) is 10.8. The smallest absolute Gasteiger partial charge is 0.187 e. The zero-order chi connectivity index (χ0) is 49.5. The largest absolute Gasteiger partial charge is 0.310 e. The van der Waals surface area contributed by atoms with E-state index in [9.17, 15) is 5.26 Å². The Labute approximate surface area is 429 Å². The zero-order valence-corrected chi connectivity index (χ0v) is 40.1. The van der Waals surface area contributed by atoms with E-state index in [1.165, 1.54) is 0 Å². The van der Waals surface area contributed by atoms with Crippen molar-refractivity contribution < 1.29 is 0 Å². The van der Waals surface area contributed by atoms with Gasteiger partial charge in [0.2, 0.25) is 0 Å². The van der Waals surface area contributed by atoms with Crippen molar-refractivity contribution >= 4 is 83.4 Å². The van der Waals surface area contributed by atoms with Crippen LogP contribution in [0, 0.1) is 17.9 Å². The van der Waals surface area contributed by atoms with E-state index in [0.29, 0.717) is 11.3 Å². The SMILES string of the molecule is [C-]#[N+]c1ccc(-c2cc(-c3ccc(C#N)cc3)c(-n3c4ccccc4c4cc(N(c5ccccc5)c5ccccc5)ccc43)cc2-n2c3ccccc3c3cc(N(c4ccccc4)c4ccccc4)ccc32)cc1. The van der Waals surface area contributed by atoms with E-state index in [0.717, 1.165) is 111 Å². The first kappa shape index (κ1) is 43.6. The molecule has 0 fully saturated rings. The number of hydrogen-bond acceptors (Lipinski definition) is 3. The van der Waals surface area contributed by atoms with E-state index in [1.54, 1.807) is 0 Å². The highest BCUT2D eigenvalue weighted by atomic mass is 15.1. The molecule has 0 saturated carbocycles. The predicted molar refractivity (Wildman–Crippen MR) is 306 cm³/mol. The van der Waals surface area contributed by atoms with Gasteiger partial charge in [0, 0.05) is 66.8 Å². The molecule has 0 bridgehead atoms. The van der Waals surface area contributed by atoms with Crippen molar-refractivity contribution in [1.82, 2.24) is 9.13 Å². The minimum absolute atomic E-state index is 0.577. The summed E-state index contributed by atoms with van der Waals surface area (Å²) in [4.78, 5) is 8.40. The molecule has 0 unspecified atom stereocenters. The molecule has 0 N–H and O–H groups in total. The molecule has 13 rings (SSSR count). The quantitative estimate of drug-likeness (QED) is 0.128. The second kappa shape index (κ2) is 18.4. The first-order chi connectivity index (χ1) is 36.6. The molecule has 13 aromatic rings. The average Bonchev–Trinajstić information content (AvgIpc) is 3.99. The summed E-state index contributed by atoms with van der Waals surface area (Å²) in [5.41, 5.74) is 17.7. The third-order valence-corrected chi connectivity index (χ3v) is 14.1. The van der Waals surface area contributed by atoms with Crippen molar-refractivity contribution in [2.45, 2.75) is 0 Å². The number of rotatable bonds is 10. The van der Waals surface area contributed by atoms with E-state index < -0.39 is 0 Å². The number of fused-ring (bicyclic) bond motifs is 6. The number of anilines is 6. The molecule has 0 spiro atoms. The monoisotopic (exact) mass is 944 g/mol. The predicted octanol–water partition coefficient (Wildman–Crippen LogP) is 18.6. The van der Waals surface area contributed by atoms with Crippen LogP contribution in [0.2, 0.25) is 0 Å². The van der Waals surface area contributed by atoms with Gasteiger partial charge in [-0.3, -0.25) is 0 Å². The zero-order valence-electron chi connectivity index (χ0n) is 40.1. The molecule has 0 amide bonds. The molecule has 2 aromatic heterocycles. The Kier molecular flexibility index (Phi) is 10.8. The van der Waals surface area contributed by atoms with E-state index in [-0.39, 0.29) is 0 Å². The van der Waals surface area contributed by atoms with Gasteiger partial charge >= 0.3 is 0 Å². The lowest BCUT2D eigenvalue weighted by Gasteiger charge is -2.26. The Balaban J connectivity index is 1.11. The van der Waals surface area contributed by atoms with Gasteiger partial charge in [0.25, 0.3) is 0 Å². The number of nitrogens with zero attached hydrogens (tertiary/aromatic N) is 6. The molecule has 0 radical (unpaired) electrons. The number of aromatic nitrogens is 2. The lowest BCUT2D eigenvalue weighted by molar-refractivity contribution is 1.14. The molecular formula is C68H44N6. The second-order valence-corrected chi connectivity index (χ2v) is 18.4. The van der Waals surface area contributed by atoms with Crippen LogP contribution in [-0.4, -0.2) is 9.13 Å². The van der Waals surface area contributed by atoms with Gasteiger partial charge in [-0.15, -0.1) is 0 Å². The number of nitriles is 1. The molecule has 6 heteroatoms. The summed E-state index contributed by atoms with van der Waals surface area (Å²) < 4.78 is 4.83. The van der Waals surface area contributed by atoms with Gasteiger partial charge in [-0.05, 0) is 132 Å². The van der Waals surface area contributed by atoms with Crippen LogP contribution in [0.4, 0.5) is 39.8 Å². The van der Waals surface area contributed by atoms with Crippen molar-refractivity contribution in [3.05, 3.63) is 284 Å². The van der Waals surface area contributed by atoms with E-state index >= 15 is 0 Å². The van der Waals surface area contributed by atoms with E-state index in [4.69, 9.17) is 6.57 Å². The Morgan fingerprint density at radius 1 is 0.338 bits per heavy atom. The van der Waals surface area contributed by atoms with Crippen molar-refractivity contribution in [3.8, 4) is 39.7 Å². The van der Waals surface area contributed by atoms with Crippen LogP contribution in [0.1, 0.15) is 5.56 Å². The maximum absolute atomic E-state index is 9.98. The Morgan fingerprint density at radius 3 is 1.09 bits per heavy atom. The Bertz CT molecular complexity index is 3940. The summed E-state index contributed by atoms with van der Waals surface area (Å²) in [6, 6.07) is 95.9. The van der Waals surface area contributed by atoms with Crippen molar-refractivity contribution in [3.63, 3.8) is 0 Å². The highest BCUT2D eigenvalue weighted by Gasteiger charge is 2.25. The van der Waals surface area contributed by atoms with Gasteiger partial charge < -0.3 is 18.9 Å². The molecule has 0 aliphatic rings. The third-order valence-electron chi connectivity index (χ3n) is 14.1. The minimum Gasteiger partial charge on any atom is -0.310 e. The molecule has 74 heavy (non-hydrogen) atoms. The lowest BCUT2D eigenvalue weighted by atomic mass is 9.94. The normalized spacial score (nSPS) is 11.2. The summed E-state index contributed by atoms with van der Waals surface area (Å²) in [5.74, 6) is 0. The summed E-state index contributed by atoms with van der Waals surface area (Å²) >= 11 is 0. The van der Waals surface area contributed by atoms with Gasteiger partial charge in [-0.25, -0.2) is 4.85 Å². The molecule has 6 nitrogen and oxygen atoms in total. The van der Waals surface area contributed by atoms with Crippen LogP contribution >= 0.6 is 0 Å². The summed E-state index contributed by atoms with van der Waals surface area (Å²) in [7, 11) is 0. The fraction of sp³-hybridized carbons (Fsp3) is 0. The number of benzene rings is 11. The van der Waals surface area contributed by atoms with Crippen LogP contribution in [0.3, 0.4) is 0 Å². The average molecular weight is 945 g/mol. The van der Waals surface area contributed by atoms with Gasteiger partial charge in [0.15, 0.2) is 5.69 Å². The van der Waals surface area contributed by atoms with Gasteiger partial charge in [0.1, 0.15) is 0 Å². The molecule has 0 saturated heterocycles. The molecule has 0 atom stereocenters. The standard InChI is InChI=1S/C68H44N6/c1-70-50-36-34-49(35-37-50)60-44-59(48-32-30-47(46-69)31-33-48)67(73-63-28-16-14-26-57(63)61-42-55(38-40-65(61)73)71(51-18-6-2-7-19-51)52-20-8-3-9-21-52)45-68(60)74-64-29-17-15-27-58(64)62-43-56(39-41-66(62)74)72(53-22-10-4-11-23-53)54-24-12-5-13-25-54/h2-45H. The summed E-state index contributed by atoms with van der Waals surface area (Å²) in [6.07, 6.45) is 0.